The molecule has 0 fully saturated rings. The lowest BCUT2D eigenvalue weighted by atomic mass is 10.1. The Morgan fingerprint density at radius 1 is 1.03 bits per heavy atom. The van der Waals surface area contributed by atoms with E-state index >= 15 is 0 Å². The van der Waals surface area contributed by atoms with Crippen molar-refractivity contribution >= 4 is 29.7 Å². The minimum absolute atomic E-state index is 0.0863. The number of aliphatic hydroxyl groups is 1. The summed E-state index contributed by atoms with van der Waals surface area (Å²) < 4.78 is 15.1. The summed E-state index contributed by atoms with van der Waals surface area (Å²) >= 11 is 0. The Morgan fingerprint density at radius 3 is 2.17 bits per heavy atom. The Hall–Kier alpha value is -2.77. The Balaban J connectivity index is 5.63. The van der Waals surface area contributed by atoms with Crippen LogP contribution < -0.4 is 27.4 Å². The van der Waals surface area contributed by atoms with Gasteiger partial charge in [-0.3, -0.25) is 24.0 Å². The second-order valence-corrected chi connectivity index (χ2v) is 6.21. The van der Waals surface area contributed by atoms with Gasteiger partial charge < -0.3 is 42.7 Å². The van der Waals surface area contributed by atoms with Crippen molar-refractivity contribution in [2.24, 2.45) is 11.5 Å². The summed E-state index contributed by atoms with van der Waals surface area (Å²) in [6, 6.07) is -5.71. The summed E-state index contributed by atoms with van der Waals surface area (Å²) in [5.41, 5.74) is 7.17. The van der Waals surface area contributed by atoms with Gasteiger partial charge in [0.15, 0.2) is 1.41 Å². The van der Waals surface area contributed by atoms with Crippen LogP contribution in [0.15, 0.2) is 0 Å². The van der Waals surface area contributed by atoms with E-state index in [0.29, 0.717) is 0 Å². The van der Waals surface area contributed by atoms with Crippen LogP contribution in [0.5, 0.6) is 0 Å². The molecule has 10 N–H and O–H groups in total. The minimum Gasteiger partial charge on any atom is -0.481 e. The molecule has 0 heterocycles. The molecule has 29 heavy (non-hydrogen) atoms. The zero-order chi connectivity index (χ0) is 24.1. The maximum Gasteiger partial charge on any atom is 0.325 e. The zero-order valence-electron chi connectivity index (χ0n) is 18.0. The number of amides is 3. The molecule has 0 saturated heterocycles. The minimum atomic E-state index is -1.55. The molecule has 0 aromatic carbocycles. The van der Waals surface area contributed by atoms with Gasteiger partial charge in [-0.1, -0.05) is 0 Å². The molecule has 0 rings (SSSR count). The number of nitrogens with two attached hydrogens (primary N) is 2. The van der Waals surface area contributed by atoms with E-state index in [1.165, 1.54) is 6.92 Å². The van der Waals surface area contributed by atoms with Crippen molar-refractivity contribution in [3.05, 3.63) is 0 Å². The zero-order valence-corrected chi connectivity index (χ0v) is 16.0. The molecule has 3 amide bonds. The van der Waals surface area contributed by atoms with E-state index in [2.05, 4.69) is 10.6 Å². The standard InChI is InChI=1S/C16H29N5O8/c1-8(16(28)29)19-14(26)10(3-2-6-17)21-15(27)11(4-5-12(23)24)20-13(25)9(18)7-22/h8-11,22H,2-7,17-18H2,1H3,(H,19,26)(H,20,25)(H,21,27)(H,23,24)(H,28,29)/t8-,9-,10-,11-/m0/s1/i/hD2. The van der Waals surface area contributed by atoms with E-state index in [1.54, 1.807) is 5.73 Å². The van der Waals surface area contributed by atoms with Crippen LogP contribution in [0.4, 0.5) is 0 Å². The summed E-state index contributed by atoms with van der Waals surface area (Å²) in [7, 11) is 0. The van der Waals surface area contributed by atoms with Crippen LogP contribution in [0, 0.1) is 0 Å². The molecule has 0 unspecified atom stereocenters. The van der Waals surface area contributed by atoms with E-state index in [-0.39, 0.29) is 24.7 Å². The lowest BCUT2D eigenvalue weighted by Gasteiger charge is -2.24. The average molecular weight is 421 g/mol. The number of rotatable bonds is 15. The maximum absolute atomic E-state index is 12.8. The van der Waals surface area contributed by atoms with Gasteiger partial charge in [0.05, 0.1) is 6.61 Å². The van der Waals surface area contributed by atoms with Crippen molar-refractivity contribution in [2.75, 3.05) is 13.2 Å². The van der Waals surface area contributed by atoms with E-state index < -0.39 is 73.3 Å². The summed E-state index contributed by atoms with van der Waals surface area (Å²) in [6.45, 7) is 0.524. The number of carboxylic acid groups (broad SMARTS) is 2. The highest BCUT2D eigenvalue weighted by molar-refractivity contribution is 5.94. The number of carbonyl (C=O) groups excluding carboxylic acids is 3. The van der Waals surface area contributed by atoms with Gasteiger partial charge in [-0.05, 0) is 32.7 Å². The number of nitrogens with one attached hydrogen (secondary N) is 3. The Kier molecular flexibility index (Phi) is 10.4. The lowest BCUT2D eigenvalue weighted by Crippen LogP contribution is -2.57. The number of hydrogen-bond acceptors (Lipinski definition) is 8. The summed E-state index contributed by atoms with van der Waals surface area (Å²) in [5, 5.41) is 31.4. The van der Waals surface area contributed by atoms with E-state index in [0.717, 1.165) is 0 Å². The molecule has 0 aliphatic rings. The maximum atomic E-state index is 12.8. The topological polar surface area (TPSA) is 234 Å². The molecule has 0 aliphatic carbocycles. The van der Waals surface area contributed by atoms with Gasteiger partial charge in [-0.15, -0.1) is 0 Å². The van der Waals surface area contributed by atoms with Gasteiger partial charge >= 0.3 is 11.9 Å². The highest BCUT2D eigenvalue weighted by Crippen LogP contribution is 2.03. The van der Waals surface area contributed by atoms with Gasteiger partial charge in [0.1, 0.15) is 25.6 Å². The third kappa shape index (κ3) is 10.4. The molecule has 0 bridgehead atoms. The molecular weight excluding hydrogens is 390 g/mol. The van der Waals surface area contributed by atoms with Crippen molar-refractivity contribution in [2.45, 2.75) is 56.8 Å². The molecule has 0 aliphatic heterocycles. The van der Waals surface area contributed by atoms with Crippen LogP contribution in [0.3, 0.4) is 0 Å². The Morgan fingerprint density at radius 2 is 1.69 bits per heavy atom. The van der Waals surface area contributed by atoms with Crippen LogP contribution in [0.1, 0.15) is 32.6 Å². The molecule has 166 valence electrons. The van der Waals surface area contributed by atoms with Gasteiger partial charge in [0.25, 0.3) is 0 Å². The first kappa shape index (κ1) is 22.5. The predicted octanol–water partition coefficient (Wildman–Crippen LogP) is -3.53. The van der Waals surface area contributed by atoms with Crippen LogP contribution in [0.2, 0.25) is 2.82 Å². The predicted molar refractivity (Wildman–Crippen MR) is 99.3 cm³/mol. The smallest absolute Gasteiger partial charge is 0.325 e. The summed E-state index contributed by atoms with van der Waals surface area (Å²) in [4.78, 5) is 59.2. The Bertz CT molecular complexity index is 649. The first-order valence-corrected chi connectivity index (χ1v) is 8.85. The molecule has 0 saturated carbocycles. The molecule has 0 spiro atoms. The van der Waals surface area contributed by atoms with Crippen LogP contribution >= 0.6 is 0 Å². The number of carboxylic acids is 2. The molecule has 0 aromatic rings. The highest BCUT2D eigenvalue weighted by atomic mass is 16.4. The molecule has 13 heteroatoms. The number of aliphatic hydroxyl groups excluding tert-OH is 1. The van der Waals surface area contributed by atoms with E-state index in [9.17, 15) is 24.0 Å². The number of hydrogen-bond donors (Lipinski definition) is 8. The van der Waals surface area contributed by atoms with E-state index in [1.807, 2.05) is 0 Å². The molecule has 4 atom stereocenters. The average Bonchev–Trinajstić information content (AvgIpc) is 2.71. The third-order valence-electron chi connectivity index (χ3n) is 3.76. The Labute approximate surface area is 170 Å². The van der Waals surface area contributed by atoms with Crippen molar-refractivity contribution in [3.63, 3.8) is 0 Å². The molecule has 0 radical (unpaired) electrons. The van der Waals surface area contributed by atoms with Gasteiger partial charge in [-0.2, -0.15) is 0 Å². The second-order valence-electron chi connectivity index (χ2n) is 6.21. The molecule has 0 aromatic heterocycles. The third-order valence-corrected chi connectivity index (χ3v) is 3.76. The fraction of sp³-hybridized carbons (Fsp3) is 0.688. The first-order valence-electron chi connectivity index (χ1n) is 9.80. The monoisotopic (exact) mass is 421 g/mol. The SMILES string of the molecule is [2H]N[C@@H](CO)C(=O)N[C@@H](CCC(=O)O)C(=O)N([2H])[C@@H](CCCN)C(=O)N[C@@H](C)C(=O)O. The van der Waals surface area contributed by atoms with Crippen LogP contribution in [0.25, 0.3) is 0 Å². The number of aliphatic carboxylic acids is 2. The largest absolute Gasteiger partial charge is 0.481 e. The first-order chi connectivity index (χ1) is 14.5. The van der Waals surface area contributed by atoms with Gasteiger partial charge in [-0.25, -0.2) is 0 Å². The van der Waals surface area contributed by atoms with E-state index in [4.69, 9.17) is 23.9 Å². The van der Waals surface area contributed by atoms with Crippen LogP contribution in [-0.4, -0.2) is 82.3 Å². The normalized spacial score (nSPS) is 15.7. The van der Waals surface area contributed by atoms with Crippen molar-refractivity contribution < 1.29 is 42.1 Å². The molecule has 13 nitrogen and oxygen atoms in total. The lowest BCUT2D eigenvalue weighted by molar-refractivity contribution is -0.141. The fourth-order valence-electron chi connectivity index (χ4n) is 2.06. The highest BCUT2D eigenvalue weighted by Gasteiger charge is 2.29. The van der Waals surface area contributed by atoms with Crippen molar-refractivity contribution in [1.82, 2.24) is 15.9 Å². The van der Waals surface area contributed by atoms with Gasteiger partial charge in [0, 0.05) is 6.42 Å². The number of carbonyl (C=O) groups is 5. The molecular formula is C16H29N5O8. The van der Waals surface area contributed by atoms with Crippen molar-refractivity contribution in [1.29, 1.82) is 0 Å². The van der Waals surface area contributed by atoms with Crippen LogP contribution in [-0.2, 0) is 24.0 Å². The second kappa shape index (κ2) is 13.4. The fourth-order valence-corrected chi connectivity index (χ4v) is 2.06. The quantitative estimate of drug-likeness (QED) is 0.130. The van der Waals surface area contributed by atoms with Gasteiger partial charge in [0.2, 0.25) is 17.7 Å². The van der Waals surface area contributed by atoms with Crippen molar-refractivity contribution in [3.8, 4) is 0 Å². The summed E-state index contributed by atoms with van der Waals surface area (Å²) in [6.07, 6.45) is -0.860. The summed E-state index contributed by atoms with van der Waals surface area (Å²) in [5.74, 6) is -5.67.